The van der Waals surface area contributed by atoms with Gasteiger partial charge in [0, 0.05) is 38.7 Å². The molecule has 7 nitrogen and oxygen atoms in total. The van der Waals surface area contributed by atoms with E-state index in [1.165, 1.54) is 6.21 Å². The molecule has 2 rings (SSSR count). The van der Waals surface area contributed by atoms with Gasteiger partial charge < -0.3 is 10.2 Å². The van der Waals surface area contributed by atoms with Crippen LogP contribution >= 0.6 is 0 Å². The molecular weight excluding hydrogens is 318 g/mol. The van der Waals surface area contributed by atoms with Gasteiger partial charge in [0.1, 0.15) is 6.42 Å². The number of benzene rings is 1. The fourth-order valence-electron chi connectivity index (χ4n) is 1.99. The van der Waals surface area contributed by atoms with Gasteiger partial charge in [0.05, 0.1) is 6.21 Å². The summed E-state index contributed by atoms with van der Waals surface area (Å²) in [7, 11) is 3.92. The summed E-state index contributed by atoms with van der Waals surface area (Å²) < 4.78 is 0. The van der Waals surface area contributed by atoms with Crippen LogP contribution in [-0.2, 0) is 16.1 Å². The Hall–Kier alpha value is -3.22. The molecule has 0 spiro atoms. The Kier molecular flexibility index (Phi) is 6.65. The molecule has 0 aliphatic rings. The van der Waals surface area contributed by atoms with Crippen LogP contribution in [0.4, 0.5) is 5.69 Å². The summed E-state index contributed by atoms with van der Waals surface area (Å²) >= 11 is 0. The van der Waals surface area contributed by atoms with E-state index in [1.54, 1.807) is 18.5 Å². The smallest absolute Gasteiger partial charge is 0.249 e. The summed E-state index contributed by atoms with van der Waals surface area (Å²) in [5.41, 5.74) is 5.14. The number of nitrogens with zero attached hydrogens (tertiary/aromatic N) is 3. The lowest BCUT2D eigenvalue weighted by Crippen LogP contribution is -2.29. The molecule has 0 aliphatic carbocycles. The monoisotopic (exact) mass is 339 g/mol. The zero-order valence-electron chi connectivity index (χ0n) is 14.3. The maximum absolute atomic E-state index is 11.7. The molecule has 0 unspecified atom stereocenters. The summed E-state index contributed by atoms with van der Waals surface area (Å²) in [6.45, 7) is 0.335. The van der Waals surface area contributed by atoms with Crippen molar-refractivity contribution in [3.8, 4) is 0 Å². The molecule has 0 saturated carbocycles. The minimum Gasteiger partial charge on any atom is -0.378 e. The first-order valence-electron chi connectivity index (χ1n) is 7.79. The Morgan fingerprint density at radius 2 is 1.92 bits per heavy atom. The number of amides is 2. The van der Waals surface area contributed by atoms with Gasteiger partial charge in [0.15, 0.2) is 0 Å². The van der Waals surface area contributed by atoms with Crippen LogP contribution in [0.15, 0.2) is 53.9 Å². The maximum Gasteiger partial charge on any atom is 0.249 e. The van der Waals surface area contributed by atoms with Crippen molar-refractivity contribution in [1.29, 1.82) is 0 Å². The molecule has 0 aliphatic heterocycles. The molecule has 25 heavy (non-hydrogen) atoms. The highest BCUT2D eigenvalue weighted by Crippen LogP contribution is 2.10. The normalized spacial score (nSPS) is 10.5. The number of carbonyl (C=O) groups is 2. The maximum atomic E-state index is 11.7. The summed E-state index contributed by atoms with van der Waals surface area (Å²) in [5.74, 6) is -0.836. The van der Waals surface area contributed by atoms with Crippen LogP contribution in [0, 0.1) is 0 Å². The zero-order chi connectivity index (χ0) is 18.1. The summed E-state index contributed by atoms with van der Waals surface area (Å²) in [6.07, 6.45) is 4.57. The molecule has 1 heterocycles. The molecule has 2 N–H and O–H groups in total. The standard InChI is InChI=1S/C18H21N5O2/c1-23(2)16-7-5-14(6-8-16)13-21-22-18(25)10-17(24)20-12-15-4-3-9-19-11-15/h3-9,11,13H,10,12H2,1-2H3,(H,20,24)(H,22,25)/b21-13-. The fraction of sp³-hybridized carbons (Fsp3) is 0.222. The molecule has 130 valence electrons. The van der Waals surface area contributed by atoms with Crippen LogP contribution in [0.5, 0.6) is 0 Å². The Bertz CT molecular complexity index is 727. The summed E-state index contributed by atoms with van der Waals surface area (Å²) in [5, 5.41) is 6.52. The molecule has 1 aromatic heterocycles. The highest BCUT2D eigenvalue weighted by Gasteiger charge is 2.08. The van der Waals surface area contributed by atoms with Gasteiger partial charge >= 0.3 is 0 Å². The lowest BCUT2D eigenvalue weighted by molar-refractivity contribution is -0.129. The molecule has 0 fully saturated rings. The van der Waals surface area contributed by atoms with Crippen molar-refractivity contribution in [2.24, 2.45) is 5.10 Å². The van der Waals surface area contributed by atoms with E-state index in [0.717, 1.165) is 16.8 Å². The number of rotatable bonds is 7. The number of carbonyl (C=O) groups excluding carboxylic acids is 2. The van der Waals surface area contributed by atoms with Crippen LogP contribution in [0.3, 0.4) is 0 Å². The second kappa shape index (κ2) is 9.17. The molecular formula is C18H21N5O2. The third-order valence-corrected chi connectivity index (χ3v) is 3.35. The highest BCUT2D eigenvalue weighted by molar-refractivity contribution is 5.97. The van der Waals surface area contributed by atoms with E-state index < -0.39 is 5.91 Å². The first-order chi connectivity index (χ1) is 12.0. The van der Waals surface area contributed by atoms with E-state index in [9.17, 15) is 9.59 Å². The molecule has 2 amide bonds. The minimum atomic E-state index is -0.468. The zero-order valence-corrected chi connectivity index (χ0v) is 14.3. The first-order valence-corrected chi connectivity index (χ1v) is 7.79. The molecule has 0 saturated heterocycles. The van der Waals surface area contributed by atoms with Gasteiger partial charge in [-0.3, -0.25) is 14.6 Å². The second-order valence-corrected chi connectivity index (χ2v) is 5.59. The molecule has 0 bridgehead atoms. The largest absolute Gasteiger partial charge is 0.378 e. The number of pyridine rings is 1. The minimum absolute atomic E-state index is 0.281. The number of aromatic nitrogens is 1. The lowest BCUT2D eigenvalue weighted by Gasteiger charge is -2.11. The van der Waals surface area contributed by atoms with Gasteiger partial charge in [-0.1, -0.05) is 18.2 Å². The Labute approximate surface area is 146 Å². The van der Waals surface area contributed by atoms with Gasteiger partial charge in [-0.25, -0.2) is 5.43 Å². The van der Waals surface area contributed by atoms with Crippen molar-refractivity contribution in [2.45, 2.75) is 13.0 Å². The molecule has 2 aromatic rings. The van der Waals surface area contributed by atoms with Crippen LogP contribution in [0.2, 0.25) is 0 Å². The molecule has 1 aromatic carbocycles. The van der Waals surface area contributed by atoms with Crippen LogP contribution in [0.1, 0.15) is 17.5 Å². The van der Waals surface area contributed by atoms with Crippen LogP contribution < -0.4 is 15.6 Å². The van der Waals surface area contributed by atoms with Gasteiger partial charge in [0.2, 0.25) is 11.8 Å². The predicted molar refractivity (Wildman–Crippen MR) is 97.2 cm³/mol. The van der Waals surface area contributed by atoms with Crippen LogP contribution in [0.25, 0.3) is 0 Å². The van der Waals surface area contributed by atoms with Crippen molar-refractivity contribution in [2.75, 3.05) is 19.0 Å². The number of anilines is 1. The average Bonchev–Trinajstić information content (AvgIpc) is 2.61. The van der Waals surface area contributed by atoms with Gasteiger partial charge in [-0.2, -0.15) is 5.10 Å². The van der Waals surface area contributed by atoms with E-state index in [0.29, 0.717) is 6.54 Å². The van der Waals surface area contributed by atoms with Crippen molar-refractivity contribution in [3.05, 3.63) is 59.9 Å². The predicted octanol–water partition coefficient (Wildman–Crippen LogP) is 1.30. The van der Waals surface area contributed by atoms with E-state index in [2.05, 4.69) is 20.8 Å². The van der Waals surface area contributed by atoms with E-state index >= 15 is 0 Å². The summed E-state index contributed by atoms with van der Waals surface area (Å²) in [4.78, 5) is 29.4. The number of hydrogen-bond donors (Lipinski definition) is 2. The molecule has 0 radical (unpaired) electrons. The van der Waals surface area contributed by atoms with Crippen LogP contribution in [-0.4, -0.2) is 37.1 Å². The number of hydrogen-bond acceptors (Lipinski definition) is 5. The average molecular weight is 339 g/mol. The molecule has 7 heteroatoms. The Balaban J connectivity index is 1.73. The van der Waals surface area contributed by atoms with E-state index in [1.807, 2.05) is 49.3 Å². The van der Waals surface area contributed by atoms with Crippen molar-refractivity contribution in [1.82, 2.24) is 15.7 Å². The van der Waals surface area contributed by atoms with Crippen molar-refractivity contribution < 1.29 is 9.59 Å². The molecule has 0 atom stereocenters. The van der Waals surface area contributed by atoms with Crippen molar-refractivity contribution in [3.63, 3.8) is 0 Å². The third kappa shape index (κ3) is 6.42. The number of hydrazone groups is 1. The second-order valence-electron chi connectivity index (χ2n) is 5.59. The number of nitrogens with one attached hydrogen (secondary N) is 2. The SMILES string of the molecule is CN(C)c1ccc(/C=N\NC(=O)CC(=O)NCc2cccnc2)cc1. The van der Waals surface area contributed by atoms with E-state index in [-0.39, 0.29) is 12.3 Å². The first kappa shape index (κ1) is 18.1. The summed E-state index contributed by atoms with van der Waals surface area (Å²) in [6, 6.07) is 11.3. The lowest BCUT2D eigenvalue weighted by atomic mass is 10.2. The highest BCUT2D eigenvalue weighted by atomic mass is 16.2. The fourth-order valence-corrected chi connectivity index (χ4v) is 1.99. The topological polar surface area (TPSA) is 86.7 Å². The Morgan fingerprint density at radius 1 is 1.16 bits per heavy atom. The third-order valence-electron chi connectivity index (χ3n) is 3.35. The van der Waals surface area contributed by atoms with Gasteiger partial charge in [-0.05, 0) is 29.3 Å². The van der Waals surface area contributed by atoms with Gasteiger partial charge in [-0.15, -0.1) is 0 Å². The van der Waals surface area contributed by atoms with E-state index in [4.69, 9.17) is 0 Å². The Morgan fingerprint density at radius 3 is 2.56 bits per heavy atom. The van der Waals surface area contributed by atoms with Gasteiger partial charge in [0.25, 0.3) is 0 Å². The quantitative estimate of drug-likeness (QED) is 0.452. The van der Waals surface area contributed by atoms with Crippen molar-refractivity contribution >= 4 is 23.7 Å².